The highest BCUT2D eigenvalue weighted by atomic mass is 19.3. The standard InChI is InChI=1S/C12H21F2N3O/c1-2-17-5-3-4-9(7-17)16-11(18)10-6-12(13,14)8-15-10/h9-10,15H,2-8H2,1H3,(H,16,18). The van der Waals surface area contributed by atoms with Crippen molar-refractivity contribution >= 4 is 5.91 Å². The molecule has 2 aliphatic rings. The van der Waals surface area contributed by atoms with Crippen molar-refractivity contribution < 1.29 is 13.6 Å². The Balaban J connectivity index is 1.81. The summed E-state index contributed by atoms with van der Waals surface area (Å²) in [5.74, 6) is -3.03. The number of likely N-dealkylation sites (N-methyl/N-ethyl adjacent to an activating group) is 1. The lowest BCUT2D eigenvalue weighted by Crippen LogP contribution is -2.51. The second-order valence-corrected chi connectivity index (χ2v) is 5.23. The van der Waals surface area contributed by atoms with Crippen LogP contribution < -0.4 is 10.6 Å². The van der Waals surface area contributed by atoms with Gasteiger partial charge in [0.05, 0.1) is 12.6 Å². The van der Waals surface area contributed by atoms with Gasteiger partial charge in [0, 0.05) is 19.0 Å². The summed E-state index contributed by atoms with van der Waals surface area (Å²) in [6, 6.07) is -0.640. The molecule has 2 unspecified atom stereocenters. The molecular weight excluding hydrogens is 240 g/mol. The summed E-state index contributed by atoms with van der Waals surface area (Å²) < 4.78 is 26.0. The normalized spacial score (nSPS) is 32.4. The maximum Gasteiger partial charge on any atom is 0.262 e. The Labute approximate surface area is 106 Å². The molecule has 2 saturated heterocycles. The third-order valence-corrected chi connectivity index (χ3v) is 3.73. The minimum atomic E-state index is -2.75. The highest BCUT2D eigenvalue weighted by molar-refractivity contribution is 5.82. The number of rotatable bonds is 3. The first-order chi connectivity index (χ1) is 8.50. The van der Waals surface area contributed by atoms with Crippen molar-refractivity contribution in [2.45, 2.75) is 44.2 Å². The smallest absolute Gasteiger partial charge is 0.262 e. The first-order valence-corrected chi connectivity index (χ1v) is 6.64. The topological polar surface area (TPSA) is 44.4 Å². The molecular formula is C12H21F2N3O. The Morgan fingerprint density at radius 3 is 2.94 bits per heavy atom. The third-order valence-electron chi connectivity index (χ3n) is 3.73. The van der Waals surface area contributed by atoms with Crippen LogP contribution in [-0.4, -0.2) is 55.0 Å². The molecule has 2 heterocycles. The van der Waals surface area contributed by atoms with Gasteiger partial charge < -0.3 is 10.2 Å². The molecule has 2 N–H and O–H groups in total. The van der Waals surface area contributed by atoms with E-state index in [-0.39, 0.29) is 18.4 Å². The average Bonchev–Trinajstić information content (AvgIpc) is 2.70. The third kappa shape index (κ3) is 3.38. The van der Waals surface area contributed by atoms with E-state index >= 15 is 0 Å². The second kappa shape index (κ2) is 5.48. The van der Waals surface area contributed by atoms with Crippen molar-refractivity contribution in [3.8, 4) is 0 Å². The molecule has 18 heavy (non-hydrogen) atoms. The number of halogens is 2. The minimum Gasteiger partial charge on any atom is -0.351 e. The van der Waals surface area contributed by atoms with Crippen LogP contribution in [0.1, 0.15) is 26.2 Å². The van der Waals surface area contributed by atoms with Crippen molar-refractivity contribution in [3.05, 3.63) is 0 Å². The highest BCUT2D eigenvalue weighted by Gasteiger charge is 2.42. The summed E-state index contributed by atoms with van der Waals surface area (Å²) in [5.41, 5.74) is 0. The van der Waals surface area contributed by atoms with Gasteiger partial charge >= 0.3 is 0 Å². The molecule has 0 aliphatic carbocycles. The van der Waals surface area contributed by atoms with E-state index in [1.165, 1.54) is 0 Å². The van der Waals surface area contributed by atoms with Crippen LogP contribution >= 0.6 is 0 Å². The van der Waals surface area contributed by atoms with Gasteiger partial charge in [-0.2, -0.15) is 0 Å². The molecule has 0 bridgehead atoms. The lowest BCUT2D eigenvalue weighted by molar-refractivity contribution is -0.124. The summed E-state index contributed by atoms with van der Waals surface area (Å²) in [6.07, 6.45) is 1.60. The fraction of sp³-hybridized carbons (Fsp3) is 0.917. The quantitative estimate of drug-likeness (QED) is 0.781. The van der Waals surface area contributed by atoms with Gasteiger partial charge in [-0.1, -0.05) is 6.92 Å². The van der Waals surface area contributed by atoms with E-state index in [4.69, 9.17) is 0 Å². The van der Waals surface area contributed by atoms with Gasteiger partial charge in [-0.25, -0.2) is 8.78 Å². The zero-order valence-corrected chi connectivity index (χ0v) is 10.7. The summed E-state index contributed by atoms with van der Waals surface area (Å²) in [7, 11) is 0. The molecule has 1 amide bonds. The number of amides is 1. The summed E-state index contributed by atoms with van der Waals surface area (Å²) in [5, 5.41) is 5.47. The highest BCUT2D eigenvalue weighted by Crippen LogP contribution is 2.25. The number of piperidine rings is 1. The van der Waals surface area contributed by atoms with E-state index in [1.807, 2.05) is 0 Å². The SMILES string of the molecule is CCN1CCCC(NC(=O)C2CC(F)(F)CN2)C1. The van der Waals surface area contributed by atoms with Crippen LogP contribution in [-0.2, 0) is 4.79 Å². The predicted molar refractivity (Wildman–Crippen MR) is 64.6 cm³/mol. The number of carbonyl (C=O) groups is 1. The largest absolute Gasteiger partial charge is 0.351 e. The Morgan fingerprint density at radius 1 is 1.56 bits per heavy atom. The average molecular weight is 261 g/mol. The molecule has 0 aromatic heterocycles. The molecule has 0 radical (unpaired) electrons. The fourth-order valence-electron chi connectivity index (χ4n) is 2.66. The van der Waals surface area contributed by atoms with Gasteiger partial charge in [-0.15, -0.1) is 0 Å². The van der Waals surface area contributed by atoms with Crippen LogP contribution in [0.2, 0.25) is 0 Å². The molecule has 0 aromatic carbocycles. The zero-order valence-electron chi connectivity index (χ0n) is 10.7. The van der Waals surface area contributed by atoms with E-state index in [0.29, 0.717) is 0 Å². The van der Waals surface area contributed by atoms with E-state index < -0.39 is 18.5 Å². The predicted octanol–water partition coefficient (Wildman–Crippen LogP) is 0.584. The lowest BCUT2D eigenvalue weighted by Gasteiger charge is -2.32. The van der Waals surface area contributed by atoms with Gasteiger partial charge in [-0.3, -0.25) is 10.1 Å². The van der Waals surface area contributed by atoms with E-state index in [9.17, 15) is 13.6 Å². The fourth-order valence-corrected chi connectivity index (χ4v) is 2.66. The van der Waals surface area contributed by atoms with Crippen molar-refractivity contribution in [3.63, 3.8) is 0 Å². The number of nitrogens with zero attached hydrogens (tertiary/aromatic N) is 1. The Bertz CT molecular complexity index is 312. The minimum absolute atomic E-state index is 0.0993. The van der Waals surface area contributed by atoms with Gasteiger partial charge in [0.25, 0.3) is 5.92 Å². The Hall–Kier alpha value is -0.750. The van der Waals surface area contributed by atoms with Crippen LogP contribution in [0.3, 0.4) is 0 Å². The molecule has 2 rings (SSSR count). The molecule has 104 valence electrons. The summed E-state index contributed by atoms with van der Waals surface area (Å²) in [6.45, 7) is 4.54. The molecule has 2 aliphatic heterocycles. The lowest BCUT2D eigenvalue weighted by atomic mass is 10.0. The van der Waals surface area contributed by atoms with Crippen molar-refractivity contribution in [1.29, 1.82) is 0 Å². The number of nitrogens with one attached hydrogen (secondary N) is 2. The number of hydrogen-bond donors (Lipinski definition) is 2. The molecule has 0 saturated carbocycles. The Kier molecular flexibility index (Phi) is 4.17. The summed E-state index contributed by atoms with van der Waals surface area (Å²) >= 11 is 0. The van der Waals surface area contributed by atoms with Crippen LogP contribution in [0, 0.1) is 0 Å². The first kappa shape index (κ1) is 13.7. The van der Waals surface area contributed by atoms with Crippen LogP contribution in [0.15, 0.2) is 0 Å². The number of likely N-dealkylation sites (tertiary alicyclic amines) is 1. The van der Waals surface area contributed by atoms with Gasteiger partial charge in [0.2, 0.25) is 5.91 Å². The number of alkyl halides is 2. The molecule has 4 nitrogen and oxygen atoms in total. The maximum absolute atomic E-state index is 13.0. The molecule has 2 fully saturated rings. The van der Waals surface area contributed by atoms with Crippen LogP contribution in [0.5, 0.6) is 0 Å². The van der Waals surface area contributed by atoms with Gasteiger partial charge in [0.1, 0.15) is 0 Å². The Morgan fingerprint density at radius 2 is 2.33 bits per heavy atom. The molecule has 2 atom stereocenters. The van der Waals surface area contributed by atoms with E-state index in [1.54, 1.807) is 0 Å². The van der Waals surface area contributed by atoms with Crippen molar-refractivity contribution in [2.24, 2.45) is 0 Å². The van der Waals surface area contributed by atoms with Crippen LogP contribution in [0.25, 0.3) is 0 Å². The molecule has 0 aromatic rings. The zero-order chi connectivity index (χ0) is 13.2. The monoisotopic (exact) mass is 261 g/mol. The number of carbonyl (C=O) groups excluding carboxylic acids is 1. The van der Waals surface area contributed by atoms with Gasteiger partial charge in [-0.05, 0) is 25.9 Å². The van der Waals surface area contributed by atoms with E-state index in [0.717, 1.165) is 32.5 Å². The van der Waals surface area contributed by atoms with Crippen LogP contribution in [0.4, 0.5) is 8.78 Å². The molecule has 6 heteroatoms. The van der Waals surface area contributed by atoms with Crippen molar-refractivity contribution in [2.75, 3.05) is 26.2 Å². The molecule has 0 spiro atoms. The van der Waals surface area contributed by atoms with E-state index in [2.05, 4.69) is 22.5 Å². The maximum atomic E-state index is 13.0. The van der Waals surface area contributed by atoms with Gasteiger partial charge in [0.15, 0.2) is 0 Å². The second-order valence-electron chi connectivity index (χ2n) is 5.23. The van der Waals surface area contributed by atoms with Crippen molar-refractivity contribution in [1.82, 2.24) is 15.5 Å². The summed E-state index contributed by atoms with van der Waals surface area (Å²) in [4.78, 5) is 14.1. The first-order valence-electron chi connectivity index (χ1n) is 6.64. The number of hydrogen-bond acceptors (Lipinski definition) is 3.